The first-order valence-electron chi connectivity index (χ1n) is 6.92. The van der Waals surface area contributed by atoms with Crippen LogP contribution in [0.15, 0.2) is 17.0 Å². The molecule has 1 aromatic carbocycles. The number of nitrogens with two attached hydrogens (primary N) is 1. The van der Waals surface area contributed by atoms with Gasteiger partial charge in [0.2, 0.25) is 10.0 Å². The van der Waals surface area contributed by atoms with Crippen molar-refractivity contribution in [3.63, 3.8) is 0 Å². The first kappa shape index (κ1) is 15.3. The summed E-state index contributed by atoms with van der Waals surface area (Å²) < 4.78 is 33.2. The van der Waals surface area contributed by atoms with Gasteiger partial charge in [0.15, 0.2) is 0 Å². The van der Waals surface area contributed by atoms with Crippen LogP contribution in [0.2, 0.25) is 0 Å². The molecule has 2 rings (SSSR count). The first-order chi connectivity index (χ1) is 9.37. The molecule has 1 aromatic rings. The molecule has 0 radical (unpaired) electrons. The molecule has 1 aliphatic rings. The number of ether oxygens (including phenoxy) is 1. The van der Waals surface area contributed by atoms with Crippen LogP contribution in [-0.4, -0.2) is 27.1 Å². The number of sulfonamides is 1. The summed E-state index contributed by atoms with van der Waals surface area (Å²) >= 11 is 0. The Hall–Kier alpha value is -1.11. The average molecular weight is 298 g/mol. The highest BCUT2D eigenvalue weighted by Crippen LogP contribution is 2.36. The van der Waals surface area contributed by atoms with Crippen molar-refractivity contribution in [1.29, 1.82) is 0 Å². The van der Waals surface area contributed by atoms with E-state index in [-0.39, 0.29) is 17.0 Å². The Kier molecular flexibility index (Phi) is 4.36. The van der Waals surface area contributed by atoms with Crippen molar-refractivity contribution in [2.24, 2.45) is 5.73 Å². The second kappa shape index (κ2) is 5.71. The van der Waals surface area contributed by atoms with Crippen LogP contribution >= 0.6 is 0 Å². The molecule has 0 aliphatic carbocycles. The van der Waals surface area contributed by atoms with E-state index >= 15 is 0 Å². The van der Waals surface area contributed by atoms with E-state index in [9.17, 15) is 8.42 Å². The lowest BCUT2D eigenvalue weighted by molar-refractivity contribution is 0.236. The molecule has 20 heavy (non-hydrogen) atoms. The average Bonchev–Trinajstić information content (AvgIpc) is 2.78. The molecule has 0 amide bonds. The zero-order chi connectivity index (χ0) is 14.9. The first-order valence-corrected chi connectivity index (χ1v) is 8.40. The standard InChI is InChI=1S/C14H22N2O3S/c1-4-10-5-11-7-12(8-15)19-14(11)13(6-10)20(17,18)16-9(2)3/h5-6,9,12,16H,4,7-8,15H2,1-3H3. The molecule has 5 nitrogen and oxygen atoms in total. The van der Waals surface area contributed by atoms with Crippen molar-refractivity contribution in [2.45, 2.75) is 50.7 Å². The molecule has 3 N–H and O–H groups in total. The maximum atomic E-state index is 12.4. The zero-order valence-corrected chi connectivity index (χ0v) is 13.0. The molecule has 0 saturated heterocycles. The molecule has 112 valence electrons. The quantitative estimate of drug-likeness (QED) is 0.856. The van der Waals surface area contributed by atoms with Crippen molar-refractivity contribution in [1.82, 2.24) is 4.72 Å². The van der Waals surface area contributed by atoms with E-state index in [1.54, 1.807) is 19.9 Å². The summed E-state index contributed by atoms with van der Waals surface area (Å²) in [5, 5.41) is 0. The summed E-state index contributed by atoms with van der Waals surface area (Å²) in [6.07, 6.45) is 1.32. The molecule has 0 aromatic heterocycles. The summed E-state index contributed by atoms with van der Waals surface area (Å²) in [6.45, 7) is 5.98. The topological polar surface area (TPSA) is 81.4 Å². The SMILES string of the molecule is CCc1cc2c(c(S(=O)(=O)NC(C)C)c1)OC(CN)C2. The highest BCUT2D eigenvalue weighted by Gasteiger charge is 2.30. The van der Waals surface area contributed by atoms with Gasteiger partial charge in [0.1, 0.15) is 16.7 Å². The van der Waals surface area contributed by atoms with Gasteiger partial charge in [0, 0.05) is 19.0 Å². The number of hydrogen-bond donors (Lipinski definition) is 2. The molecule has 0 spiro atoms. The highest BCUT2D eigenvalue weighted by atomic mass is 32.2. The van der Waals surface area contributed by atoms with E-state index in [1.165, 1.54) is 0 Å². The molecule has 0 saturated carbocycles. The summed E-state index contributed by atoms with van der Waals surface area (Å²) in [4.78, 5) is 0.233. The van der Waals surface area contributed by atoms with Crippen LogP contribution in [0, 0.1) is 0 Å². The third-order valence-electron chi connectivity index (χ3n) is 3.28. The predicted molar refractivity (Wildman–Crippen MR) is 78.5 cm³/mol. The predicted octanol–water partition coefficient (Wildman–Crippen LogP) is 1.20. The fraction of sp³-hybridized carbons (Fsp3) is 0.571. The van der Waals surface area contributed by atoms with Crippen molar-refractivity contribution in [2.75, 3.05) is 6.54 Å². The molecule has 1 unspecified atom stereocenters. The Morgan fingerprint density at radius 3 is 2.70 bits per heavy atom. The van der Waals surface area contributed by atoms with Gasteiger partial charge in [-0.3, -0.25) is 0 Å². The third-order valence-corrected chi connectivity index (χ3v) is 4.94. The normalized spacial score (nSPS) is 18.1. The molecule has 1 aliphatic heterocycles. The van der Waals surface area contributed by atoms with E-state index in [4.69, 9.17) is 10.5 Å². The van der Waals surface area contributed by atoms with Gasteiger partial charge in [0.25, 0.3) is 0 Å². The van der Waals surface area contributed by atoms with Gasteiger partial charge in [0.05, 0.1) is 0 Å². The Bertz CT molecular complexity index is 597. The second-order valence-corrected chi connectivity index (χ2v) is 7.07. The van der Waals surface area contributed by atoms with Crippen LogP contribution in [-0.2, 0) is 22.9 Å². The second-order valence-electron chi connectivity index (χ2n) is 5.39. The van der Waals surface area contributed by atoms with E-state index in [1.807, 2.05) is 13.0 Å². The van der Waals surface area contributed by atoms with Crippen LogP contribution in [0.3, 0.4) is 0 Å². The van der Waals surface area contributed by atoms with Gasteiger partial charge in [-0.1, -0.05) is 13.0 Å². The number of nitrogens with one attached hydrogen (secondary N) is 1. The Balaban J connectivity index is 2.51. The van der Waals surface area contributed by atoms with Gasteiger partial charge < -0.3 is 10.5 Å². The Morgan fingerprint density at radius 1 is 1.45 bits per heavy atom. The smallest absolute Gasteiger partial charge is 0.244 e. The zero-order valence-electron chi connectivity index (χ0n) is 12.1. The molecular weight excluding hydrogens is 276 g/mol. The Labute approximate surface area is 120 Å². The maximum absolute atomic E-state index is 12.4. The van der Waals surface area contributed by atoms with E-state index in [0.717, 1.165) is 17.5 Å². The third kappa shape index (κ3) is 2.97. The van der Waals surface area contributed by atoms with Crippen molar-refractivity contribution in [3.05, 3.63) is 23.3 Å². The lowest BCUT2D eigenvalue weighted by Crippen LogP contribution is -2.31. The maximum Gasteiger partial charge on any atom is 0.244 e. The molecular formula is C14H22N2O3S. The monoisotopic (exact) mass is 298 g/mol. The minimum Gasteiger partial charge on any atom is -0.487 e. The minimum atomic E-state index is -3.56. The summed E-state index contributed by atoms with van der Waals surface area (Å²) in [5.74, 6) is 0.464. The van der Waals surface area contributed by atoms with E-state index in [2.05, 4.69) is 4.72 Å². The van der Waals surface area contributed by atoms with Crippen molar-refractivity contribution in [3.8, 4) is 5.75 Å². The number of benzene rings is 1. The van der Waals surface area contributed by atoms with Gasteiger partial charge >= 0.3 is 0 Å². The lowest BCUT2D eigenvalue weighted by Gasteiger charge is -2.14. The van der Waals surface area contributed by atoms with Crippen LogP contribution < -0.4 is 15.2 Å². The van der Waals surface area contributed by atoms with E-state index < -0.39 is 10.0 Å². The van der Waals surface area contributed by atoms with Crippen LogP contribution in [0.4, 0.5) is 0 Å². The van der Waals surface area contributed by atoms with E-state index in [0.29, 0.717) is 18.7 Å². The van der Waals surface area contributed by atoms with Gasteiger partial charge in [-0.15, -0.1) is 0 Å². The number of hydrogen-bond acceptors (Lipinski definition) is 4. The fourth-order valence-corrected chi connectivity index (χ4v) is 3.85. The molecule has 6 heteroatoms. The molecule has 1 heterocycles. The number of aryl methyl sites for hydroxylation is 1. The summed E-state index contributed by atoms with van der Waals surface area (Å²) in [6, 6.07) is 3.55. The van der Waals surface area contributed by atoms with Crippen molar-refractivity contribution >= 4 is 10.0 Å². The van der Waals surface area contributed by atoms with Crippen LogP contribution in [0.5, 0.6) is 5.75 Å². The van der Waals surface area contributed by atoms with Crippen LogP contribution in [0.1, 0.15) is 31.9 Å². The fourth-order valence-electron chi connectivity index (χ4n) is 2.37. The number of fused-ring (bicyclic) bond motifs is 1. The molecule has 0 fully saturated rings. The molecule has 1 atom stereocenters. The lowest BCUT2D eigenvalue weighted by atomic mass is 10.1. The van der Waals surface area contributed by atoms with Gasteiger partial charge in [-0.05, 0) is 37.5 Å². The highest BCUT2D eigenvalue weighted by molar-refractivity contribution is 7.89. The van der Waals surface area contributed by atoms with Gasteiger partial charge in [-0.25, -0.2) is 13.1 Å². The summed E-state index contributed by atoms with van der Waals surface area (Å²) in [7, 11) is -3.56. The summed E-state index contributed by atoms with van der Waals surface area (Å²) in [5.41, 5.74) is 7.56. The molecule has 0 bridgehead atoms. The largest absolute Gasteiger partial charge is 0.487 e. The van der Waals surface area contributed by atoms with Gasteiger partial charge in [-0.2, -0.15) is 0 Å². The minimum absolute atomic E-state index is 0.134. The van der Waals surface area contributed by atoms with Crippen molar-refractivity contribution < 1.29 is 13.2 Å². The number of rotatable bonds is 5. The Morgan fingerprint density at radius 2 is 2.15 bits per heavy atom. The van der Waals surface area contributed by atoms with Crippen LogP contribution in [0.25, 0.3) is 0 Å².